The molecule has 11 heteroatoms. The van der Waals surface area contributed by atoms with Crippen LogP contribution in [-0.4, -0.2) is 88.2 Å². The van der Waals surface area contributed by atoms with E-state index in [4.69, 9.17) is 14.2 Å². The average Bonchev–Trinajstić information content (AvgIpc) is 3.36. The van der Waals surface area contributed by atoms with Gasteiger partial charge in [-0.1, -0.05) is 0 Å². The van der Waals surface area contributed by atoms with Crippen LogP contribution in [0.5, 0.6) is 11.5 Å². The van der Waals surface area contributed by atoms with E-state index in [0.717, 1.165) is 24.9 Å². The molecule has 0 N–H and O–H groups in total. The van der Waals surface area contributed by atoms with Gasteiger partial charge in [0.1, 0.15) is 29.1 Å². The third kappa shape index (κ3) is 5.00. The smallest absolute Gasteiger partial charge is 0.244 e. The number of carbonyl (C=O) groups excluding carboxylic acids is 1. The molecule has 4 heterocycles. The summed E-state index contributed by atoms with van der Waals surface area (Å²) >= 11 is 0. The SMILES string of the molecule is CN(C)S(=O)(=O)c1cncc(N2CCOc3ccc(OC4CCN(C(=O)C5CCOCC5)C4)cc32)c1. The van der Waals surface area contributed by atoms with Gasteiger partial charge in [-0.2, -0.15) is 0 Å². The number of ether oxygens (including phenoxy) is 3. The van der Waals surface area contributed by atoms with E-state index in [1.807, 2.05) is 28.0 Å². The van der Waals surface area contributed by atoms with Gasteiger partial charge in [-0.25, -0.2) is 12.7 Å². The fourth-order valence-corrected chi connectivity index (χ4v) is 5.75. The minimum Gasteiger partial charge on any atom is -0.490 e. The Morgan fingerprint density at radius 2 is 1.89 bits per heavy atom. The van der Waals surface area contributed by atoms with Crippen molar-refractivity contribution in [2.45, 2.75) is 30.3 Å². The fourth-order valence-electron chi connectivity index (χ4n) is 4.87. The lowest BCUT2D eigenvalue weighted by Gasteiger charge is -2.32. The Balaban J connectivity index is 1.32. The first-order valence-electron chi connectivity index (χ1n) is 12.3. The summed E-state index contributed by atoms with van der Waals surface area (Å²) < 4.78 is 43.9. The number of hydrogen-bond acceptors (Lipinski definition) is 8. The zero-order valence-corrected chi connectivity index (χ0v) is 21.4. The van der Waals surface area contributed by atoms with Gasteiger partial charge in [-0.3, -0.25) is 9.78 Å². The average molecular weight is 517 g/mol. The maximum Gasteiger partial charge on any atom is 0.244 e. The first-order chi connectivity index (χ1) is 17.3. The number of rotatable bonds is 6. The normalized spacial score (nSPS) is 20.8. The van der Waals surface area contributed by atoms with Crippen molar-refractivity contribution in [2.24, 2.45) is 5.92 Å². The first-order valence-corrected chi connectivity index (χ1v) is 13.7. The lowest BCUT2D eigenvalue weighted by atomic mass is 9.99. The number of fused-ring (bicyclic) bond motifs is 1. The summed E-state index contributed by atoms with van der Waals surface area (Å²) in [5, 5.41) is 0. The van der Waals surface area contributed by atoms with Crippen molar-refractivity contribution in [3.05, 3.63) is 36.7 Å². The monoisotopic (exact) mass is 516 g/mol. The quantitative estimate of drug-likeness (QED) is 0.576. The van der Waals surface area contributed by atoms with Gasteiger partial charge in [0.15, 0.2) is 0 Å². The minimum absolute atomic E-state index is 0.0487. The molecule has 10 nitrogen and oxygen atoms in total. The van der Waals surface area contributed by atoms with E-state index in [-0.39, 0.29) is 22.8 Å². The van der Waals surface area contributed by atoms with E-state index in [1.165, 1.54) is 24.6 Å². The number of sulfonamides is 1. The van der Waals surface area contributed by atoms with Crippen LogP contribution in [0.25, 0.3) is 0 Å². The van der Waals surface area contributed by atoms with Crippen molar-refractivity contribution < 1.29 is 27.4 Å². The Kier molecular flexibility index (Phi) is 7.05. The zero-order valence-electron chi connectivity index (χ0n) is 20.6. The number of aromatic nitrogens is 1. The van der Waals surface area contributed by atoms with Crippen molar-refractivity contribution in [1.29, 1.82) is 0 Å². The Bertz CT molecular complexity index is 1210. The van der Waals surface area contributed by atoms with Gasteiger partial charge in [-0.15, -0.1) is 0 Å². The predicted octanol–water partition coefficient (Wildman–Crippen LogP) is 2.27. The number of hydrogen-bond donors (Lipinski definition) is 0. The van der Waals surface area contributed by atoms with E-state index < -0.39 is 10.0 Å². The second-order valence-electron chi connectivity index (χ2n) is 9.50. The van der Waals surface area contributed by atoms with Crippen LogP contribution in [0.1, 0.15) is 19.3 Å². The van der Waals surface area contributed by atoms with Crippen LogP contribution in [0, 0.1) is 5.92 Å². The molecule has 2 saturated heterocycles. The Morgan fingerprint density at radius 1 is 1.08 bits per heavy atom. The van der Waals surface area contributed by atoms with E-state index in [0.29, 0.717) is 56.6 Å². The van der Waals surface area contributed by atoms with Gasteiger partial charge in [-0.05, 0) is 31.0 Å². The van der Waals surface area contributed by atoms with E-state index >= 15 is 0 Å². The number of benzene rings is 1. The molecule has 1 unspecified atom stereocenters. The highest BCUT2D eigenvalue weighted by atomic mass is 32.2. The Labute approximate surface area is 211 Å². The Morgan fingerprint density at radius 3 is 2.67 bits per heavy atom. The third-order valence-electron chi connectivity index (χ3n) is 6.91. The van der Waals surface area contributed by atoms with Crippen LogP contribution >= 0.6 is 0 Å². The molecule has 1 amide bonds. The van der Waals surface area contributed by atoms with Gasteiger partial charge < -0.3 is 24.0 Å². The number of likely N-dealkylation sites (tertiary alicyclic amines) is 1. The molecule has 2 aromatic rings. The van der Waals surface area contributed by atoms with Crippen molar-refractivity contribution in [2.75, 3.05) is 58.5 Å². The van der Waals surface area contributed by atoms with Crippen molar-refractivity contribution in [1.82, 2.24) is 14.2 Å². The molecule has 1 atom stereocenters. The minimum atomic E-state index is -3.61. The molecular weight excluding hydrogens is 484 g/mol. The lowest BCUT2D eigenvalue weighted by Crippen LogP contribution is -2.38. The predicted molar refractivity (Wildman–Crippen MR) is 133 cm³/mol. The second-order valence-corrected chi connectivity index (χ2v) is 11.6. The number of anilines is 2. The molecule has 3 aliphatic rings. The van der Waals surface area contributed by atoms with Gasteiger partial charge in [0.05, 0.1) is 30.7 Å². The summed E-state index contributed by atoms with van der Waals surface area (Å²) in [5.74, 6) is 1.62. The largest absolute Gasteiger partial charge is 0.490 e. The zero-order chi connectivity index (χ0) is 25.3. The van der Waals surface area contributed by atoms with E-state index in [9.17, 15) is 13.2 Å². The number of carbonyl (C=O) groups is 1. The highest BCUT2D eigenvalue weighted by Crippen LogP contribution is 2.40. The highest BCUT2D eigenvalue weighted by molar-refractivity contribution is 7.89. The maximum absolute atomic E-state index is 12.9. The van der Waals surface area contributed by atoms with Crippen molar-refractivity contribution in [3.63, 3.8) is 0 Å². The molecule has 194 valence electrons. The molecule has 0 bridgehead atoms. The lowest BCUT2D eigenvalue weighted by molar-refractivity contribution is -0.137. The van der Waals surface area contributed by atoms with E-state index in [1.54, 1.807) is 12.3 Å². The molecule has 3 aliphatic heterocycles. The molecule has 0 spiro atoms. The molecule has 1 aromatic heterocycles. The topological polar surface area (TPSA) is 102 Å². The van der Waals surface area contributed by atoms with Crippen molar-refractivity contribution in [3.8, 4) is 11.5 Å². The third-order valence-corrected chi connectivity index (χ3v) is 8.69. The van der Waals surface area contributed by atoms with Crippen LogP contribution in [0.15, 0.2) is 41.6 Å². The number of amides is 1. The molecule has 0 aliphatic carbocycles. The number of pyridine rings is 1. The summed E-state index contributed by atoms with van der Waals surface area (Å²) in [6, 6.07) is 7.27. The van der Waals surface area contributed by atoms with Gasteiger partial charge in [0.25, 0.3) is 0 Å². The number of nitrogens with zero attached hydrogens (tertiary/aromatic N) is 4. The van der Waals surface area contributed by atoms with Crippen LogP contribution in [-0.2, 0) is 19.6 Å². The van der Waals surface area contributed by atoms with Crippen molar-refractivity contribution >= 4 is 27.3 Å². The van der Waals surface area contributed by atoms with Gasteiger partial charge in [0.2, 0.25) is 15.9 Å². The summed E-state index contributed by atoms with van der Waals surface area (Å²) in [7, 11) is -0.617. The van der Waals surface area contributed by atoms with Gasteiger partial charge in [0, 0.05) is 58.5 Å². The van der Waals surface area contributed by atoms with Crippen LogP contribution < -0.4 is 14.4 Å². The summed E-state index contributed by atoms with van der Waals surface area (Å²) in [5.41, 5.74) is 1.45. The second kappa shape index (κ2) is 10.2. The summed E-state index contributed by atoms with van der Waals surface area (Å²) in [6.45, 7) is 3.57. The standard InChI is InChI=1S/C25H32N4O6S/c1-27(2)36(31,32)22-13-19(15-26-16-22)29-9-12-34-24-4-3-20(14-23(24)29)35-21-5-8-28(17-21)25(30)18-6-10-33-11-7-18/h3-4,13-16,18,21H,5-12,17H2,1-2H3. The molecule has 36 heavy (non-hydrogen) atoms. The van der Waals surface area contributed by atoms with Crippen LogP contribution in [0.2, 0.25) is 0 Å². The Hall–Kier alpha value is -2.89. The molecule has 5 rings (SSSR count). The summed E-state index contributed by atoms with van der Waals surface area (Å²) in [4.78, 5) is 21.1. The first kappa shape index (κ1) is 24.8. The molecule has 0 saturated carbocycles. The molecular formula is C25H32N4O6S. The maximum atomic E-state index is 12.9. The van der Waals surface area contributed by atoms with Crippen LogP contribution in [0.4, 0.5) is 11.4 Å². The molecule has 1 aromatic carbocycles. The molecule has 0 radical (unpaired) electrons. The van der Waals surface area contributed by atoms with Gasteiger partial charge >= 0.3 is 0 Å². The summed E-state index contributed by atoms with van der Waals surface area (Å²) in [6.07, 6.45) is 5.27. The fraction of sp³-hybridized carbons (Fsp3) is 0.520. The molecule has 2 fully saturated rings. The highest BCUT2D eigenvalue weighted by Gasteiger charge is 2.33. The van der Waals surface area contributed by atoms with Crippen LogP contribution in [0.3, 0.4) is 0 Å². The van der Waals surface area contributed by atoms with E-state index in [2.05, 4.69) is 4.98 Å².